The fourth-order valence-corrected chi connectivity index (χ4v) is 6.29. The summed E-state index contributed by atoms with van der Waals surface area (Å²) in [5.41, 5.74) is 0.490. The van der Waals surface area contributed by atoms with Crippen molar-refractivity contribution in [3.63, 3.8) is 0 Å². The molecule has 0 radical (unpaired) electrons. The Morgan fingerprint density at radius 1 is 1.06 bits per heavy atom. The molecule has 2 aliphatic heterocycles. The van der Waals surface area contributed by atoms with Crippen LogP contribution >= 0.6 is 0 Å². The standard InChI is InChI=1S/C24H20N4O5S/c1-16-15-21(17-11-13-19(14-12-17)28(30)31)25-27(23(29)18-7-3-2-4-8-18)24(16)20-9-5-6-10-22(20)34(32,33)26-24/h2-14,16,26H,15H2,1H3/t16-,24-/m0/s1. The lowest BCUT2D eigenvalue weighted by Crippen LogP contribution is -2.60. The van der Waals surface area contributed by atoms with Crippen LogP contribution in [0, 0.1) is 16.0 Å². The van der Waals surface area contributed by atoms with Gasteiger partial charge in [-0.15, -0.1) is 0 Å². The minimum atomic E-state index is -3.88. The van der Waals surface area contributed by atoms with Gasteiger partial charge in [-0.25, -0.2) is 13.4 Å². The maximum absolute atomic E-state index is 13.7. The first-order valence-electron chi connectivity index (χ1n) is 10.6. The normalized spacial score (nSPS) is 22.8. The Morgan fingerprint density at radius 3 is 2.38 bits per heavy atom. The number of non-ortho nitro benzene ring substituents is 1. The molecule has 2 atom stereocenters. The number of hydrogen-bond donors (Lipinski definition) is 1. The van der Waals surface area contributed by atoms with E-state index in [0.717, 1.165) is 0 Å². The van der Waals surface area contributed by atoms with E-state index in [4.69, 9.17) is 0 Å². The molecule has 0 saturated carbocycles. The predicted octanol–water partition coefficient (Wildman–Crippen LogP) is 3.63. The van der Waals surface area contributed by atoms with Gasteiger partial charge in [0.15, 0.2) is 5.66 Å². The van der Waals surface area contributed by atoms with Crippen LogP contribution in [0.1, 0.15) is 34.8 Å². The van der Waals surface area contributed by atoms with Gasteiger partial charge in [-0.2, -0.15) is 9.82 Å². The number of nitrogens with one attached hydrogen (secondary N) is 1. The molecule has 5 rings (SSSR count). The van der Waals surface area contributed by atoms with Crippen molar-refractivity contribution in [2.45, 2.75) is 23.9 Å². The van der Waals surface area contributed by atoms with E-state index >= 15 is 0 Å². The lowest BCUT2D eigenvalue weighted by molar-refractivity contribution is -0.384. The van der Waals surface area contributed by atoms with Crippen molar-refractivity contribution < 1.29 is 18.1 Å². The summed E-state index contributed by atoms with van der Waals surface area (Å²) >= 11 is 0. The van der Waals surface area contributed by atoms with Crippen molar-refractivity contribution in [1.82, 2.24) is 9.73 Å². The van der Waals surface area contributed by atoms with E-state index in [1.807, 2.05) is 6.92 Å². The summed E-state index contributed by atoms with van der Waals surface area (Å²) in [6.07, 6.45) is 0.341. The molecule has 0 unspecified atom stereocenters. The van der Waals surface area contributed by atoms with E-state index in [9.17, 15) is 23.3 Å². The quantitative estimate of drug-likeness (QED) is 0.457. The van der Waals surface area contributed by atoms with Crippen LogP contribution < -0.4 is 4.72 Å². The van der Waals surface area contributed by atoms with E-state index in [2.05, 4.69) is 9.82 Å². The van der Waals surface area contributed by atoms with Gasteiger partial charge in [0.2, 0.25) is 10.0 Å². The number of carbonyl (C=O) groups is 1. The molecule has 3 aromatic rings. The Labute approximate surface area is 195 Å². The average molecular weight is 477 g/mol. The van der Waals surface area contributed by atoms with E-state index in [1.54, 1.807) is 60.7 Å². The average Bonchev–Trinajstić information content (AvgIpc) is 3.09. The second-order valence-electron chi connectivity index (χ2n) is 8.31. The number of hydrazone groups is 1. The first kappa shape index (κ1) is 21.9. The SMILES string of the molecule is C[C@H]1CC(c2ccc([N+](=O)[O-])cc2)=NN(C(=O)c2ccccc2)[C@@]12NS(=O)(=O)c1ccccc12. The van der Waals surface area contributed by atoms with Crippen molar-refractivity contribution in [1.29, 1.82) is 0 Å². The van der Waals surface area contributed by atoms with Gasteiger partial charge < -0.3 is 0 Å². The summed E-state index contributed by atoms with van der Waals surface area (Å²) in [6, 6.07) is 21.0. The third-order valence-corrected chi connectivity index (χ3v) is 7.78. The lowest BCUT2D eigenvalue weighted by atomic mass is 9.81. The number of fused-ring (bicyclic) bond motifs is 2. The van der Waals surface area contributed by atoms with E-state index in [0.29, 0.717) is 28.8 Å². The number of nitro benzene ring substituents is 1. The minimum Gasteiger partial charge on any atom is -0.267 e. The molecule has 172 valence electrons. The second-order valence-corrected chi connectivity index (χ2v) is 9.96. The molecular formula is C24H20N4O5S. The Bertz CT molecular complexity index is 1440. The molecule has 1 amide bonds. The molecule has 1 spiro atoms. The smallest absolute Gasteiger partial charge is 0.267 e. The summed E-state index contributed by atoms with van der Waals surface area (Å²) in [6.45, 7) is 1.86. The third-order valence-electron chi connectivity index (χ3n) is 6.27. The highest BCUT2D eigenvalue weighted by Gasteiger charge is 2.57. The summed E-state index contributed by atoms with van der Waals surface area (Å²) in [4.78, 5) is 24.4. The molecule has 0 bridgehead atoms. The Hall–Kier alpha value is -3.89. The largest absolute Gasteiger partial charge is 0.276 e. The van der Waals surface area contributed by atoms with Gasteiger partial charge in [0.1, 0.15) is 0 Å². The number of benzene rings is 3. The highest BCUT2D eigenvalue weighted by Crippen LogP contribution is 2.47. The molecule has 9 nitrogen and oxygen atoms in total. The number of nitro groups is 1. The molecule has 2 aliphatic rings. The van der Waals surface area contributed by atoms with E-state index in [-0.39, 0.29) is 10.6 Å². The monoisotopic (exact) mass is 476 g/mol. The number of rotatable bonds is 3. The van der Waals surface area contributed by atoms with Gasteiger partial charge in [-0.05, 0) is 42.3 Å². The lowest BCUT2D eigenvalue weighted by Gasteiger charge is -2.45. The van der Waals surface area contributed by atoms with Crippen LogP contribution in [0.2, 0.25) is 0 Å². The van der Waals surface area contributed by atoms with Crippen LogP contribution in [0.3, 0.4) is 0 Å². The first-order valence-corrected chi connectivity index (χ1v) is 12.1. The number of hydrogen-bond acceptors (Lipinski definition) is 6. The van der Waals surface area contributed by atoms with Crippen LogP contribution in [-0.4, -0.2) is 30.0 Å². The van der Waals surface area contributed by atoms with Gasteiger partial charge in [0.25, 0.3) is 11.6 Å². The number of nitrogens with zero attached hydrogens (tertiary/aromatic N) is 3. The zero-order valence-corrected chi connectivity index (χ0v) is 18.9. The van der Waals surface area contributed by atoms with Crippen LogP contribution in [0.25, 0.3) is 0 Å². The second kappa shape index (κ2) is 7.86. The fourth-order valence-electron chi connectivity index (χ4n) is 4.60. The Balaban J connectivity index is 1.70. The molecule has 1 N–H and O–H groups in total. The van der Waals surface area contributed by atoms with Crippen LogP contribution in [-0.2, 0) is 15.7 Å². The van der Waals surface area contributed by atoms with Gasteiger partial charge in [0.05, 0.1) is 15.5 Å². The van der Waals surface area contributed by atoms with Crippen molar-refractivity contribution in [3.8, 4) is 0 Å². The summed E-state index contributed by atoms with van der Waals surface area (Å²) < 4.78 is 28.9. The molecule has 2 heterocycles. The molecule has 0 aliphatic carbocycles. The predicted molar refractivity (Wildman–Crippen MR) is 124 cm³/mol. The molecule has 0 saturated heterocycles. The fraction of sp³-hybridized carbons (Fsp3) is 0.167. The zero-order chi connectivity index (χ0) is 24.1. The van der Waals surface area contributed by atoms with Crippen LogP contribution in [0.15, 0.2) is 88.9 Å². The molecule has 3 aromatic carbocycles. The number of carbonyl (C=O) groups excluding carboxylic acids is 1. The molecule has 10 heteroatoms. The maximum Gasteiger partial charge on any atom is 0.276 e. The topological polar surface area (TPSA) is 122 Å². The molecule has 0 aromatic heterocycles. The van der Waals surface area contributed by atoms with Gasteiger partial charge in [0, 0.05) is 29.2 Å². The summed E-state index contributed by atoms with van der Waals surface area (Å²) in [7, 11) is -3.88. The highest BCUT2D eigenvalue weighted by molar-refractivity contribution is 7.89. The Kier molecular flexibility index (Phi) is 5.07. The van der Waals surface area contributed by atoms with Crippen molar-refractivity contribution in [2.75, 3.05) is 0 Å². The zero-order valence-electron chi connectivity index (χ0n) is 18.1. The summed E-state index contributed by atoms with van der Waals surface area (Å²) in [5.74, 6) is -0.868. The van der Waals surface area contributed by atoms with Crippen LogP contribution in [0.4, 0.5) is 5.69 Å². The van der Waals surface area contributed by atoms with Gasteiger partial charge in [-0.3, -0.25) is 14.9 Å². The minimum absolute atomic E-state index is 0.0561. The Morgan fingerprint density at radius 2 is 1.71 bits per heavy atom. The van der Waals surface area contributed by atoms with Crippen molar-refractivity contribution in [3.05, 3.63) is 106 Å². The maximum atomic E-state index is 13.7. The van der Waals surface area contributed by atoms with Gasteiger partial charge >= 0.3 is 0 Å². The van der Waals surface area contributed by atoms with E-state index in [1.165, 1.54) is 23.2 Å². The summed E-state index contributed by atoms with van der Waals surface area (Å²) in [5, 5.41) is 16.9. The van der Waals surface area contributed by atoms with E-state index < -0.39 is 32.4 Å². The molecule has 0 fully saturated rings. The molecular weight excluding hydrogens is 456 g/mol. The third kappa shape index (κ3) is 3.30. The first-order chi connectivity index (χ1) is 16.2. The van der Waals surface area contributed by atoms with Crippen molar-refractivity contribution in [2.24, 2.45) is 11.0 Å². The molecule has 34 heavy (non-hydrogen) atoms. The van der Waals surface area contributed by atoms with Gasteiger partial charge in [-0.1, -0.05) is 43.3 Å². The van der Waals surface area contributed by atoms with Crippen molar-refractivity contribution >= 4 is 27.3 Å². The highest BCUT2D eigenvalue weighted by atomic mass is 32.2. The number of sulfonamides is 1. The van der Waals surface area contributed by atoms with Crippen LogP contribution in [0.5, 0.6) is 0 Å². The number of amides is 1.